The van der Waals surface area contributed by atoms with E-state index in [9.17, 15) is 9.90 Å². The van der Waals surface area contributed by atoms with Crippen molar-refractivity contribution >= 4 is 11.6 Å². The molecule has 1 aliphatic carbocycles. The summed E-state index contributed by atoms with van der Waals surface area (Å²) in [5.74, 6) is 0.520. The number of hydrogen-bond acceptors (Lipinski definition) is 5. The van der Waals surface area contributed by atoms with E-state index in [1.807, 2.05) is 24.0 Å². The summed E-state index contributed by atoms with van der Waals surface area (Å²) in [4.78, 5) is 20.7. The van der Waals surface area contributed by atoms with Gasteiger partial charge in [-0.05, 0) is 92.3 Å². The van der Waals surface area contributed by atoms with E-state index in [1.165, 1.54) is 11.1 Å². The van der Waals surface area contributed by atoms with Gasteiger partial charge in [0, 0.05) is 29.9 Å². The van der Waals surface area contributed by atoms with Gasteiger partial charge in [-0.25, -0.2) is 0 Å². The summed E-state index contributed by atoms with van der Waals surface area (Å²) in [6.45, 7) is 5.60. The zero-order valence-corrected chi connectivity index (χ0v) is 20.9. The number of aryl methyl sites for hydroxylation is 2. The summed E-state index contributed by atoms with van der Waals surface area (Å²) < 4.78 is 0. The third-order valence-corrected chi connectivity index (χ3v) is 8.42. The number of nitrogens with one attached hydrogen (secondary N) is 1. The van der Waals surface area contributed by atoms with Gasteiger partial charge in [-0.15, -0.1) is 0 Å². The van der Waals surface area contributed by atoms with E-state index >= 15 is 0 Å². The van der Waals surface area contributed by atoms with Crippen LogP contribution in [0.25, 0.3) is 0 Å². The minimum atomic E-state index is -0.255. The van der Waals surface area contributed by atoms with Crippen molar-refractivity contribution in [3.05, 3.63) is 81.0 Å². The highest BCUT2D eigenvalue weighted by Crippen LogP contribution is 2.40. The summed E-state index contributed by atoms with van der Waals surface area (Å²) in [7, 11) is 0. The van der Waals surface area contributed by atoms with E-state index in [1.54, 1.807) is 0 Å². The highest BCUT2D eigenvalue weighted by molar-refractivity contribution is 6.11. The summed E-state index contributed by atoms with van der Waals surface area (Å²) in [5.41, 5.74) is 9.36. The smallest absolute Gasteiger partial charge is 0.254 e. The molecule has 184 valence electrons. The first kappa shape index (κ1) is 23.1. The Kier molecular flexibility index (Phi) is 5.78. The predicted molar refractivity (Wildman–Crippen MR) is 139 cm³/mol. The van der Waals surface area contributed by atoms with Gasteiger partial charge in [0.25, 0.3) is 5.91 Å². The van der Waals surface area contributed by atoms with Crippen LogP contribution in [0.2, 0.25) is 0 Å². The maximum Gasteiger partial charge on any atom is 0.254 e. The van der Waals surface area contributed by atoms with Crippen LogP contribution < -0.4 is 5.32 Å². The normalized spacial score (nSPS) is 25.6. The van der Waals surface area contributed by atoms with Crippen LogP contribution in [0.4, 0.5) is 0 Å². The van der Waals surface area contributed by atoms with Gasteiger partial charge in [0.1, 0.15) is 0 Å². The molecule has 6 heteroatoms. The van der Waals surface area contributed by atoms with Crippen molar-refractivity contribution in [2.45, 2.75) is 70.1 Å². The largest absolute Gasteiger partial charge is 0.393 e. The maximum absolute atomic E-state index is 13.6. The number of benzene rings is 2. The van der Waals surface area contributed by atoms with Crippen LogP contribution >= 0.6 is 0 Å². The van der Waals surface area contributed by atoms with Crippen molar-refractivity contribution in [2.75, 3.05) is 13.1 Å². The van der Waals surface area contributed by atoms with Gasteiger partial charge >= 0.3 is 0 Å². The standard InChI is InChI=1S/C30H32N4O2/c1-17-13-18(2)24(15-23(17)27-29-28(33-29)25-14-22(35)7-8-26(25)32-27)30(36)34-11-9-21(10-12-34)20-5-3-19(16-31)4-6-20/h3-6,13,15,21-22,28-29,33,35H,7-12,14H2,1-2H3. The molecular formula is C30H32N4O2. The van der Waals surface area contributed by atoms with Gasteiger partial charge in [0.15, 0.2) is 0 Å². The predicted octanol–water partition coefficient (Wildman–Crippen LogP) is 4.14. The Hall–Kier alpha value is -3.27. The second-order valence-corrected chi connectivity index (χ2v) is 10.8. The van der Waals surface area contributed by atoms with Crippen LogP contribution in [-0.2, 0) is 0 Å². The maximum atomic E-state index is 13.6. The van der Waals surface area contributed by atoms with Gasteiger partial charge in [0.05, 0.1) is 35.5 Å². The third-order valence-electron chi connectivity index (χ3n) is 8.42. The van der Waals surface area contributed by atoms with Crippen LogP contribution in [0.5, 0.6) is 0 Å². The summed E-state index contributed by atoms with van der Waals surface area (Å²) in [5, 5.41) is 22.7. The van der Waals surface area contributed by atoms with Crippen LogP contribution in [-0.4, -0.2) is 52.9 Å². The molecule has 0 spiro atoms. The highest BCUT2D eigenvalue weighted by Gasteiger charge is 2.48. The molecule has 3 atom stereocenters. The SMILES string of the molecule is Cc1cc(C)c(C2=NC3=C(CC(O)CC3)C3NC23)cc1C(=O)N1CCC(c2ccc(C#N)cc2)CC1. The molecule has 0 saturated carbocycles. The van der Waals surface area contributed by atoms with Crippen LogP contribution in [0.15, 0.2) is 52.7 Å². The van der Waals surface area contributed by atoms with Crippen molar-refractivity contribution < 1.29 is 9.90 Å². The minimum Gasteiger partial charge on any atom is -0.393 e. The lowest BCUT2D eigenvalue weighted by atomic mass is 9.85. The second kappa shape index (κ2) is 8.99. The molecule has 6 rings (SSSR count). The molecule has 3 heterocycles. The Labute approximate surface area is 212 Å². The van der Waals surface area contributed by atoms with Gasteiger partial charge in [-0.1, -0.05) is 18.2 Å². The number of hydrogen-bond donors (Lipinski definition) is 2. The number of likely N-dealkylation sites (tertiary alicyclic amines) is 1. The lowest BCUT2D eigenvalue weighted by Gasteiger charge is -2.33. The Bertz CT molecular complexity index is 1330. The van der Waals surface area contributed by atoms with E-state index in [2.05, 4.69) is 42.6 Å². The number of allylic oxidation sites excluding steroid dienone is 1. The van der Waals surface area contributed by atoms with Gasteiger partial charge < -0.3 is 10.0 Å². The van der Waals surface area contributed by atoms with Crippen LogP contribution in [0.1, 0.15) is 76.2 Å². The zero-order valence-electron chi connectivity index (χ0n) is 20.9. The highest BCUT2D eigenvalue weighted by atomic mass is 16.3. The fraction of sp³-hybridized carbons (Fsp3) is 0.433. The average molecular weight is 481 g/mol. The van der Waals surface area contributed by atoms with Crippen molar-refractivity contribution in [3.63, 3.8) is 0 Å². The molecule has 2 saturated heterocycles. The summed E-state index contributed by atoms with van der Waals surface area (Å²) in [6.07, 6.45) is 3.90. The fourth-order valence-corrected chi connectivity index (χ4v) is 6.27. The molecule has 3 aliphatic heterocycles. The number of nitrogens with zero attached hydrogens (tertiary/aromatic N) is 3. The molecule has 4 aliphatic rings. The van der Waals surface area contributed by atoms with Crippen molar-refractivity contribution in [2.24, 2.45) is 4.99 Å². The van der Waals surface area contributed by atoms with Crippen molar-refractivity contribution in [3.8, 4) is 6.07 Å². The number of nitriles is 1. The van der Waals surface area contributed by atoms with E-state index in [4.69, 9.17) is 10.3 Å². The Morgan fingerprint density at radius 2 is 1.83 bits per heavy atom. The van der Waals surface area contributed by atoms with E-state index < -0.39 is 0 Å². The first-order chi connectivity index (χ1) is 17.4. The molecule has 2 aromatic rings. The number of aliphatic hydroxyl groups is 1. The molecule has 0 bridgehead atoms. The van der Waals surface area contributed by atoms with Crippen LogP contribution in [0.3, 0.4) is 0 Å². The number of carbonyl (C=O) groups is 1. The first-order valence-corrected chi connectivity index (χ1v) is 13.1. The molecule has 0 aromatic heterocycles. The lowest BCUT2D eigenvalue weighted by molar-refractivity contribution is 0.0712. The van der Waals surface area contributed by atoms with E-state index in [0.717, 1.165) is 78.9 Å². The third kappa shape index (κ3) is 4.07. The lowest BCUT2D eigenvalue weighted by Crippen LogP contribution is -2.38. The molecule has 1 amide bonds. The molecule has 0 radical (unpaired) electrons. The van der Waals surface area contributed by atoms with Crippen molar-refractivity contribution in [1.82, 2.24) is 10.2 Å². The van der Waals surface area contributed by atoms with E-state index in [0.29, 0.717) is 11.5 Å². The first-order valence-electron chi connectivity index (χ1n) is 13.1. The fourth-order valence-electron chi connectivity index (χ4n) is 6.27. The molecule has 3 unspecified atom stereocenters. The van der Waals surface area contributed by atoms with Crippen LogP contribution in [0, 0.1) is 25.2 Å². The molecule has 36 heavy (non-hydrogen) atoms. The number of rotatable bonds is 3. The van der Waals surface area contributed by atoms with E-state index in [-0.39, 0.29) is 24.1 Å². The Morgan fingerprint density at radius 3 is 2.56 bits per heavy atom. The minimum absolute atomic E-state index is 0.101. The number of aliphatic imine (C=N–C) groups is 1. The number of amides is 1. The van der Waals surface area contributed by atoms with Gasteiger partial charge in [0.2, 0.25) is 0 Å². The number of piperidine rings is 1. The van der Waals surface area contributed by atoms with Crippen molar-refractivity contribution in [1.29, 1.82) is 5.26 Å². The Morgan fingerprint density at radius 1 is 1.08 bits per heavy atom. The topological polar surface area (TPSA) is 98.6 Å². The molecule has 2 fully saturated rings. The molecule has 2 N–H and O–H groups in total. The second-order valence-electron chi connectivity index (χ2n) is 10.8. The summed E-state index contributed by atoms with van der Waals surface area (Å²) >= 11 is 0. The zero-order chi connectivity index (χ0) is 25.0. The number of carbonyl (C=O) groups excluding carboxylic acids is 1. The number of fused-ring (bicyclic) bond motifs is 2. The molecule has 6 nitrogen and oxygen atoms in total. The average Bonchev–Trinajstić information content (AvgIpc) is 3.70. The molecule has 2 aromatic carbocycles. The van der Waals surface area contributed by atoms with Gasteiger partial charge in [-0.2, -0.15) is 5.26 Å². The summed E-state index contributed by atoms with van der Waals surface area (Å²) in [6, 6.07) is 14.7. The Balaban J connectivity index is 1.22. The quantitative estimate of drug-likeness (QED) is 0.645. The van der Waals surface area contributed by atoms with Gasteiger partial charge in [-0.3, -0.25) is 15.1 Å². The monoisotopic (exact) mass is 480 g/mol. The molecular weight excluding hydrogens is 448 g/mol. The number of aliphatic hydroxyl groups excluding tert-OH is 1.